The highest BCUT2D eigenvalue weighted by molar-refractivity contribution is 5.95. The van der Waals surface area contributed by atoms with Crippen molar-refractivity contribution in [3.05, 3.63) is 60.7 Å². The highest BCUT2D eigenvalue weighted by Gasteiger charge is 2.16. The molecule has 3 nitrogen and oxygen atoms in total. The van der Waals surface area contributed by atoms with Crippen LogP contribution < -0.4 is 10.1 Å². The highest BCUT2D eigenvalue weighted by atomic mass is 16.5. The van der Waals surface area contributed by atoms with Crippen LogP contribution in [0.5, 0.6) is 5.88 Å². The fourth-order valence-corrected chi connectivity index (χ4v) is 3.14. The van der Waals surface area contributed by atoms with Gasteiger partial charge in [-0.3, -0.25) is 0 Å². The summed E-state index contributed by atoms with van der Waals surface area (Å²) in [4.78, 5) is 4.82. The maximum atomic E-state index is 6.15. The van der Waals surface area contributed by atoms with Gasteiger partial charge in [-0.15, -0.1) is 0 Å². The van der Waals surface area contributed by atoms with Crippen LogP contribution in [-0.4, -0.2) is 24.2 Å². The molecular weight excluding hydrogens is 284 g/mol. The van der Waals surface area contributed by atoms with Crippen molar-refractivity contribution in [1.82, 2.24) is 10.3 Å². The minimum absolute atomic E-state index is 0.209. The van der Waals surface area contributed by atoms with Gasteiger partial charge in [-0.25, -0.2) is 4.98 Å². The number of ether oxygens (including phenoxy) is 1. The van der Waals surface area contributed by atoms with E-state index in [1.807, 2.05) is 18.2 Å². The van der Waals surface area contributed by atoms with Gasteiger partial charge in [0.05, 0.1) is 5.69 Å². The number of nitrogens with one attached hydrogen (secondary N) is 1. The minimum Gasteiger partial charge on any atom is -0.473 e. The molecule has 1 aromatic heterocycles. The Hall–Kier alpha value is -2.39. The van der Waals surface area contributed by atoms with E-state index in [4.69, 9.17) is 9.72 Å². The maximum Gasteiger partial charge on any atom is 0.214 e. The summed E-state index contributed by atoms with van der Waals surface area (Å²) in [6.07, 6.45) is 2.45. The maximum absolute atomic E-state index is 6.15. The summed E-state index contributed by atoms with van der Waals surface area (Å²) in [5.41, 5.74) is 2.11. The van der Waals surface area contributed by atoms with E-state index >= 15 is 0 Å². The molecule has 1 aliphatic heterocycles. The van der Waals surface area contributed by atoms with E-state index in [1.165, 1.54) is 5.39 Å². The molecule has 116 valence electrons. The number of nitrogens with zero attached hydrogens (tertiary/aromatic N) is 1. The topological polar surface area (TPSA) is 34.1 Å². The van der Waals surface area contributed by atoms with Gasteiger partial charge in [0.15, 0.2) is 0 Å². The van der Waals surface area contributed by atoms with Gasteiger partial charge in [-0.2, -0.15) is 0 Å². The summed E-state index contributed by atoms with van der Waals surface area (Å²) in [5.74, 6) is 0.719. The number of pyridine rings is 1. The monoisotopic (exact) mass is 304 g/mol. The van der Waals surface area contributed by atoms with E-state index in [0.29, 0.717) is 0 Å². The summed E-state index contributed by atoms with van der Waals surface area (Å²) < 4.78 is 6.15. The lowest BCUT2D eigenvalue weighted by molar-refractivity contribution is 0.161. The molecule has 1 N–H and O–H groups in total. The number of piperidine rings is 1. The molecule has 3 heteroatoms. The number of rotatable bonds is 3. The van der Waals surface area contributed by atoms with E-state index in [1.54, 1.807) is 0 Å². The van der Waals surface area contributed by atoms with Gasteiger partial charge in [-0.05, 0) is 24.8 Å². The Balaban J connectivity index is 1.77. The SMILES string of the molecule is c1ccc(-c2nc(OC3CCCNC3)cc3ccccc23)cc1. The molecule has 1 saturated heterocycles. The largest absolute Gasteiger partial charge is 0.473 e. The van der Waals surface area contributed by atoms with Crippen LogP contribution in [0.2, 0.25) is 0 Å². The molecule has 0 saturated carbocycles. The molecule has 0 aliphatic carbocycles. The minimum atomic E-state index is 0.209. The van der Waals surface area contributed by atoms with Gasteiger partial charge in [0.1, 0.15) is 6.10 Å². The van der Waals surface area contributed by atoms with Crippen molar-refractivity contribution >= 4 is 10.8 Å². The van der Waals surface area contributed by atoms with Crippen LogP contribution in [0.15, 0.2) is 60.7 Å². The molecule has 0 amide bonds. The molecule has 4 rings (SSSR count). The van der Waals surface area contributed by atoms with Crippen LogP contribution in [0.3, 0.4) is 0 Å². The molecule has 3 aromatic rings. The Bertz CT molecular complexity index is 795. The first-order chi connectivity index (χ1) is 11.4. The molecule has 23 heavy (non-hydrogen) atoms. The highest BCUT2D eigenvalue weighted by Crippen LogP contribution is 2.30. The van der Waals surface area contributed by atoms with Crippen molar-refractivity contribution in [2.24, 2.45) is 0 Å². The molecular formula is C20H20N2O. The third kappa shape index (κ3) is 3.06. The van der Waals surface area contributed by atoms with Gasteiger partial charge in [-0.1, -0.05) is 54.6 Å². The predicted octanol–water partition coefficient (Wildman–Crippen LogP) is 4.03. The van der Waals surface area contributed by atoms with Crippen LogP contribution in [0.4, 0.5) is 0 Å². The van der Waals surface area contributed by atoms with Crippen molar-refractivity contribution in [2.45, 2.75) is 18.9 Å². The molecule has 1 fully saturated rings. The van der Waals surface area contributed by atoms with Crippen molar-refractivity contribution in [2.75, 3.05) is 13.1 Å². The second-order valence-corrected chi connectivity index (χ2v) is 5.98. The Kier molecular flexibility index (Phi) is 3.95. The molecule has 2 aromatic carbocycles. The normalized spacial score (nSPS) is 18.0. The standard InChI is InChI=1S/C20H20N2O/c1-2-7-15(8-3-1)20-18-11-5-4-9-16(18)13-19(22-20)23-17-10-6-12-21-14-17/h1-5,7-9,11,13,17,21H,6,10,12,14H2. The van der Waals surface area contributed by atoms with Crippen molar-refractivity contribution < 1.29 is 4.74 Å². The molecule has 1 unspecified atom stereocenters. The van der Waals surface area contributed by atoms with Crippen LogP contribution in [-0.2, 0) is 0 Å². The summed E-state index contributed by atoms with van der Waals surface area (Å²) >= 11 is 0. The van der Waals surface area contributed by atoms with E-state index in [2.05, 4.69) is 47.8 Å². The van der Waals surface area contributed by atoms with Crippen molar-refractivity contribution in [3.63, 3.8) is 0 Å². The Labute approximate surface area is 136 Å². The molecule has 0 spiro atoms. The first-order valence-corrected chi connectivity index (χ1v) is 8.23. The third-order valence-electron chi connectivity index (χ3n) is 4.30. The fourth-order valence-electron chi connectivity index (χ4n) is 3.14. The molecule has 2 heterocycles. The van der Waals surface area contributed by atoms with Gasteiger partial charge >= 0.3 is 0 Å². The first kappa shape index (κ1) is 14.2. The van der Waals surface area contributed by atoms with E-state index in [9.17, 15) is 0 Å². The number of hydrogen-bond donors (Lipinski definition) is 1. The molecule has 0 bridgehead atoms. The van der Waals surface area contributed by atoms with E-state index < -0.39 is 0 Å². The lowest BCUT2D eigenvalue weighted by atomic mass is 10.0. The number of aromatic nitrogens is 1. The summed E-state index contributed by atoms with van der Waals surface area (Å²) in [6, 6.07) is 20.7. The first-order valence-electron chi connectivity index (χ1n) is 8.23. The molecule has 1 aliphatic rings. The Morgan fingerprint density at radius 1 is 1.00 bits per heavy atom. The Morgan fingerprint density at radius 2 is 1.83 bits per heavy atom. The zero-order valence-corrected chi connectivity index (χ0v) is 13.0. The summed E-state index contributed by atoms with van der Waals surface area (Å²) in [7, 11) is 0. The predicted molar refractivity (Wildman–Crippen MR) is 93.7 cm³/mol. The van der Waals surface area contributed by atoms with Gasteiger partial charge < -0.3 is 10.1 Å². The number of fused-ring (bicyclic) bond motifs is 1. The molecule has 0 radical (unpaired) electrons. The Morgan fingerprint density at radius 3 is 2.65 bits per heavy atom. The van der Waals surface area contributed by atoms with E-state index in [0.717, 1.165) is 48.5 Å². The van der Waals surface area contributed by atoms with Gasteiger partial charge in [0.2, 0.25) is 5.88 Å². The zero-order valence-electron chi connectivity index (χ0n) is 13.0. The quantitative estimate of drug-likeness (QED) is 0.793. The van der Waals surface area contributed by atoms with Crippen LogP contribution in [0.1, 0.15) is 12.8 Å². The smallest absolute Gasteiger partial charge is 0.214 e. The van der Waals surface area contributed by atoms with Crippen LogP contribution >= 0.6 is 0 Å². The number of hydrogen-bond acceptors (Lipinski definition) is 3. The van der Waals surface area contributed by atoms with Crippen molar-refractivity contribution in [3.8, 4) is 17.1 Å². The average molecular weight is 304 g/mol. The van der Waals surface area contributed by atoms with Crippen molar-refractivity contribution in [1.29, 1.82) is 0 Å². The second-order valence-electron chi connectivity index (χ2n) is 5.98. The third-order valence-corrected chi connectivity index (χ3v) is 4.30. The van der Waals surface area contributed by atoms with Gasteiger partial charge in [0.25, 0.3) is 0 Å². The van der Waals surface area contributed by atoms with Crippen LogP contribution in [0.25, 0.3) is 22.0 Å². The van der Waals surface area contributed by atoms with E-state index in [-0.39, 0.29) is 6.10 Å². The molecule has 1 atom stereocenters. The fraction of sp³-hybridized carbons (Fsp3) is 0.250. The summed E-state index contributed by atoms with van der Waals surface area (Å²) in [5, 5.41) is 5.71. The lowest BCUT2D eigenvalue weighted by Crippen LogP contribution is -2.37. The van der Waals surface area contributed by atoms with Crippen LogP contribution in [0, 0.1) is 0 Å². The lowest BCUT2D eigenvalue weighted by Gasteiger charge is -2.23. The zero-order chi connectivity index (χ0) is 15.5. The van der Waals surface area contributed by atoms with Gasteiger partial charge in [0, 0.05) is 23.6 Å². The second kappa shape index (κ2) is 6.39. The summed E-state index contributed by atoms with van der Waals surface area (Å²) in [6.45, 7) is 1.98. The average Bonchev–Trinajstić information content (AvgIpc) is 2.63. The number of benzene rings is 2.